The SMILES string of the molecule is Cc1cc(=O)n(C)c(=O)n1-c1ccc(Cl)cc1. The molecular formula is C12H11ClN2O2. The Bertz CT molecular complexity index is 668. The maximum Gasteiger partial charge on any atom is 0.335 e. The second kappa shape index (κ2) is 4.22. The third-order valence-electron chi connectivity index (χ3n) is 2.58. The first-order valence-corrected chi connectivity index (χ1v) is 5.44. The van der Waals surface area contributed by atoms with Crippen LogP contribution in [-0.2, 0) is 7.05 Å². The molecule has 5 heteroatoms. The van der Waals surface area contributed by atoms with E-state index in [-0.39, 0.29) is 11.2 Å². The number of aromatic nitrogens is 2. The number of nitrogens with zero attached hydrogens (tertiary/aromatic N) is 2. The molecule has 1 heterocycles. The molecule has 1 aromatic heterocycles. The maximum absolute atomic E-state index is 12.0. The number of hydrogen-bond donors (Lipinski definition) is 0. The van der Waals surface area contributed by atoms with Crippen LogP contribution in [0, 0.1) is 6.92 Å². The summed E-state index contributed by atoms with van der Waals surface area (Å²) >= 11 is 5.79. The molecule has 4 nitrogen and oxygen atoms in total. The van der Waals surface area contributed by atoms with Gasteiger partial charge in [0.2, 0.25) is 0 Å². The molecule has 0 bridgehead atoms. The lowest BCUT2D eigenvalue weighted by atomic mass is 10.3. The van der Waals surface area contributed by atoms with Crippen LogP contribution in [0.15, 0.2) is 39.9 Å². The molecule has 2 aromatic rings. The van der Waals surface area contributed by atoms with Crippen LogP contribution in [0.4, 0.5) is 0 Å². The minimum atomic E-state index is -0.364. The zero-order valence-electron chi connectivity index (χ0n) is 9.48. The summed E-state index contributed by atoms with van der Waals surface area (Å²) in [4.78, 5) is 23.4. The fourth-order valence-corrected chi connectivity index (χ4v) is 1.77. The molecular weight excluding hydrogens is 240 g/mol. The second-order valence-electron chi connectivity index (χ2n) is 3.78. The summed E-state index contributed by atoms with van der Waals surface area (Å²) in [5.74, 6) is 0. The van der Waals surface area contributed by atoms with Crippen LogP contribution >= 0.6 is 11.6 Å². The van der Waals surface area contributed by atoms with Gasteiger partial charge in [0.1, 0.15) is 0 Å². The van der Waals surface area contributed by atoms with Gasteiger partial charge in [-0.05, 0) is 31.2 Å². The van der Waals surface area contributed by atoms with Gasteiger partial charge in [-0.2, -0.15) is 0 Å². The number of hydrogen-bond acceptors (Lipinski definition) is 2. The molecule has 0 saturated heterocycles. The predicted molar refractivity (Wildman–Crippen MR) is 67.0 cm³/mol. The Labute approximate surface area is 103 Å². The molecule has 1 aromatic carbocycles. The molecule has 17 heavy (non-hydrogen) atoms. The first-order valence-electron chi connectivity index (χ1n) is 5.06. The number of benzene rings is 1. The summed E-state index contributed by atoms with van der Waals surface area (Å²) in [5.41, 5.74) is 0.614. The molecule has 0 amide bonds. The van der Waals surface area contributed by atoms with Crippen LogP contribution in [0.1, 0.15) is 5.69 Å². The Morgan fingerprint density at radius 2 is 1.71 bits per heavy atom. The summed E-state index contributed by atoms with van der Waals surface area (Å²) in [7, 11) is 1.45. The fourth-order valence-electron chi connectivity index (χ4n) is 1.64. The highest BCUT2D eigenvalue weighted by molar-refractivity contribution is 6.30. The van der Waals surface area contributed by atoms with E-state index < -0.39 is 0 Å². The third kappa shape index (κ3) is 2.03. The van der Waals surface area contributed by atoms with Gasteiger partial charge in [-0.25, -0.2) is 4.79 Å². The van der Waals surface area contributed by atoms with E-state index >= 15 is 0 Å². The molecule has 0 aliphatic rings. The lowest BCUT2D eigenvalue weighted by molar-refractivity contribution is 0.713. The number of rotatable bonds is 1. The molecule has 0 fully saturated rings. The van der Waals surface area contributed by atoms with Crippen molar-refractivity contribution in [3.63, 3.8) is 0 Å². The molecule has 0 saturated carbocycles. The minimum absolute atomic E-state index is 0.308. The smallest absolute Gasteiger partial charge is 0.269 e. The van der Waals surface area contributed by atoms with Gasteiger partial charge in [-0.1, -0.05) is 11.6 Å². The van der Waals surface area contributed by atoms with Crippen LogP contribution in [0.25, 0.3) is 5.69 Å². The molecule has 0 N–H and O–H groups in total. The van der Waals surface area contributed by atoms with Crippen molar-refractivity contribution in [2.75, 3.05) is 0 Å². The van der Waals surface area contributed by atoms with E-state index in [9.17, 15) is 9.59 Å². The molecule has 0 radical (unpaired) electrons. The standard InChI is InChI=1S/C12H11ClN2O2/c1-8-7-11(16)14(2)12(17)15(8)10-5-3-9(13)4-6-10/h3-7H,1-2H3. The molecule has 0 unspecified atom stereocenters. The predicted octanol–water partition coefficient (Wildman–Crippen LogP) is 1.50. The first-order chi connectivity index (χ1) is 8.00. The van der Waals surface area contributed by atoms with Crippen molar-refractivity contribution in [3.05, 3.63) is 61.9 Å². The van der Waals surface area contributed by atoms with Crippen LogP contribution in [0.2, 0.25) is 5.02 Å². The molecule has 0 aliphatic carbocycles. The molecule has 88 valence electrons. The number of halogens is 1. The average Bonchev–Trinajstić information content (AvgIpc) is 2.29. The maximum atomic E-state index is 12.0. The second-order valence-corrected chi connectivity index (χ2v) is 4.21. The van der Waals surface area contributed by atoms with Gasteiger partial charge in [0.05, 0.1) is 5.69 Å². The Kier molecular flexibility index (Phi) is 2.90. The lowest BCUT2D eigenvalue weighted by Crippen LogP contribution is -2.37. The van der Waals surface area contributed by atoms with Crippen LogP contribution in [-0.4, -0.2) is 9.13 Å². The van der Waals surface area contributed by atoms with Crippen molar-refractivity contribution in [2.45, 2.75) is 6.92 Å². The zero-order valence-corrected chi connectivity index (χ0v) is 10.2. The van der Waals surface area contributed by atoms with E-state index in [4.69, 9.17) is 11.6 Å². The van der Waals surface area contributed by atoms with Crippen LogP contribution in [0.3, 0.4) is 0 Å². The van der Waals surface area contributed by atoms with Gasteiger partial charge < -0.3 is 0 Å². The fraction of sp³-hybridized carbons (Fsp3) is 0.167. The van der Waals surface area contributed by atoms with Gasteiger partial charge >= 0.3 is 5.69 Å². The van der Waals surface area contributed by atoms with Crippen molar-refractivity contribution in [3.8, 4) is 5.69 Å². The number of aryl methyl sites for hydroxylation is 1. The van der Waals surface area contributed by atoms with E-state index in [0.29, 0.717) is 16.4 Å². The summed E-state index contributed by atoms with van der Waals surface area (Å²) < 4.78 is 2.54. The summed E-state index contributed by atoms with van der Waals surface area (Å²) in [6.45, 7) is 1.72. The van der Waals surface area contributed by atoms with Gasteiger partial charge in [0, 0.05) is 23.8 Å². The summed E-state index contributed by atoms with van der Waals surface area (Å²) in [6.07, 6.45) is 0. The van der Waals surface area contributed by atoms with Crippen LogP contribution < -0.4 is 11.2 Å². The van der Waals surface area contributed by atoms with Gasteiger partial charge in [-0.3, -0.25) is 13.9 Å². The Hall–Kier alpha value is -1.81. The Balaban J connectivity index is 2.76. The van der Waals surface area contributed by atoms with E-state index in [1.807, 2.05) is 0 Å². The molecule has 0 aliphatic heterocycles. The van der Waals surface area contributed by atoms with E-state index in [1.165, 1.54) is 17.7 Å². The van der Waals surface area contributed by atoms with E-state index in [2.05, 4.69) is 0 Å². The van der Waals surface area contributed by atoms with Crippen LogP contribution in [0.5, 0.6) is 0 Å². The lowest BCUT2D eigenvalue weighted by Gasteiger charge is -2.10. The first kappa shape index (κ1) is 11.7. The van der Waals surface area contributed by atoms with Crippen molar-refractivity contribution < 1.29 is 0 Å². The highest BCUT2D eigenvalue weighted by Crippen LogP contribution is 2.12. The van der Waals surface area contributed by atoms with E-state index in [1.54, 1.807) is 31.2 Å². The Morgan fingerprint density at radius 3 is 2.29 bits per heavy atom. The molecule has 0 atom stereocenters. The molecule has 0 spiro atoms. The quantitative estimate of drug-likeness (QED) is 0.770. The summed E-state index contributed by atoms with van der Waals surface area (Å²) in [5, 5.41) is 0.601. The van der Waals surface area contributed by atoms with Crippen molar-refractivity contribution in [1.29, 1.82) is 0 Å². The summed E-state index contributed by atoms with van der Waals surface area (Å²) in [6, 6.07) is 8.31. The highest BCUT2D eigenvalue weighted by Gasteiger charge is 2.07. The Morgan fingerprint density at radius 1 is 1.12 bits per heavy atom. The largest absolute Gasteiger partial charge is 0.335 e. The average molecular weight is 251 g/mol. The normalized spacial score (nSPS) is 10.5. The topological polar surface area (TPSA) is 44.0 Å². The zero-order chi connectivity index (χ0) is 12.6. The van der Waals surface area contributed by atoms with Gasteiger partial charge in [0.15, 0.2) is 0 Å². The van der Waals surface area contributed by atoms with Gasteiger partial charge in [-0.15, -0.1) is 0 Å². The van der Waals surface area contributed by atoms with E-state index in [0.717, 1.165) is 4.57 Å². The van der Waals surface area contributed by atoms with Gasteiger partial charge in [0.25, 0.3) is 5.56 Å². The third-order valence-corrected chi connectivity index (χ3v) is 2.83. The van der Waals surface area contributed by atoms with Crippen molar-refractivity contribution in [2.24, 2.45) is 7.05 Å². The monoisotopic (exact) mass is 250 g/mol. The molecule has 2 rings (SSSR count). The van der Waals surface area contributed by atoms with Crippen molar-refractivity contribution >= 4 is 11.6 Å². The highest BCUT2D eigenvalue weighted by atomic mass is 35.5. The van der Waals surface area contributed by atoms with Crippen molar-refractivity contribution in [1.82, 2.24) is 9.13 Å². The minimum Gasteiger partial charge on any atom is -0.269 e.